The Labute approximate surface area is 507 Å². The Morgan fingerprint density at radius 1 is 0.494 bits per heavy atom. The van der Waals surface area contributed by atoms with Gasteiger partial charge in [0, 0.05) is 6.42 Å². The van der Waals surface area contributed by atoms with Crippen molar-refractivity contribution in [3.63, 3.8) is 0 Å². The fourth-order valence-electron chi connectivity index (χ4n) is 9.88. The van der Waals surface area contributed by atoms with Crippen LogP contribution in [0.25, 0.3) is 0 Å². The predicted molar refractivity (Wildman–Crippen MR) is 347 cm³/mol. The number of hydrogen-bond acceptors (Lipinski definition) is 10. The number of aliphatic hydroxyl groups is 5. The van der Waals surface area contributed by atoms with Gasteiger partial charge in [-0.1, -0.05) is 271 Å². The molecule has 0 aliphatic carbocycles. The van der Waals surface area contributed by atoms with E-state index < -0.39 is 67.4 Å². The summed E-state index contributed by atoms with van der Waals surface area (Å²) < 4.78 is 17.7. The molecule has 1 amide bonds. The van der Waals surface area contributed by atoms with E-state index in [1.165, 1.54) is 96.3 Å². The number of carbonyl (C=O) groups is 2. The van der Waals surface area contributed by atoms with Crippen LogP contribution in [0, 0.1) is 0 Å². The zero-order valence-corrected chi connectivity index (χ0v) is 52.8. The van der Waals surface area contributed by atoms with Gasteiger partial charge in [-0.3, -0.25) is 9.59 Å². The molecule has 1 rings (SSSR count). The Balaban J connectivity index is 2.61. The molecule has 0 saturated carbocycles. The number of hydrogen-bond donors (Lipinski definition) is 6. The molecular formula is C72H123NO10. The first-order valence-corrected chi connectivity index (χ1v) is 33.7. The fourth-order valence-corrected chi connectivity index (χ4v) is 9.88. The van der Waals surface area contributed by atoms with Gasteiger partial charge in [-0.2, -0.15) is 0 Å². The van der Waals surface area contributed by atoms with Crippen LogP contribution in [0.5, 0.6) is 0 Å². The minimum atomic E-state index is -1.63. The van der Waals surface area contributed by atoms with Crippen molar-refractivity contribution in [3.05, 3.63) is 109 Å². The minimum Gasteiger partial charge on any atom is -0.454 e. The van der Waals surface area contributed by atoms with E-state index in [-0.39, 0.29) is 19.4 Å². The SMILES string of the molecule is CC/C=C\C/C=C\C/C=C\C/C=C\C/C=C\C/C=C\CCCCCCCCCCC(=O)OC1C(OCC(NC(=O)C(O)CCCCCCC/C=C/C=C/CCCCC)C(O)/C=C/CCCCCCCCCCCCC)OC(CO)C(O)C1O. The van der Waals surface area contributed by atoms with Crippen LogP contribution in [-0.2, 0) is 23.8 Å². The van der Waals surface area contributed by atoms with Gasteiger partial charge in [-0.25, -0.2) is 0 Å². The zero-order chi connectivity index (χ0) is 60.3. The Bertz CT molecular complexity index is 1770. The summed E-state index contributed by atoms with van der Waals surface area (Å²) >= 11 is 0. The van der Waals surface area contributed by atoms with Gasteiger partial charge in [0.15, 0.2) is 12.4 Å². The molecule has 0 aromatic carbocycles. The number of amides is 1. The third-order valence-corrected chi connectivity index (χ3v) is 15.2. The lowest BCUT2D eigenvalue weighted by molar-refractivity contribution is -0.305. The Morgan fingerprint density at radius 2 is 0.904 bits per heavy atom. The van der Waals surface area contributed by atoms with Crippen LogP contribution in [-0.4, -0.2) is 99.6 Å². The van der Waals surface area contributed by atoms with Crippen molar-refractivity contribution in [2.75, 3.05) is 13.2 Å². The highest BCUT2D eigenvalue weighted by Gasteiger charge is 2.47. The van der Waals surface area contributed by atoms with Crippen molar-refractivity contribution < 1.29 is 49.3 Å². The third kappa shape index (κ3) is 46.2. The van der Waals surface area contributed by atoms with Crippen LogP contribution in [0.2, 0.25) is 0 Å². The van der Waals surface area contributed by atoms with E-state index in [0.717, 1.165) is 128 Å². The second-order valence-electron chi connectivity index (χ2n) is 22.8. The van der Waals surface area contributed by atoms with Crippen molar-refractivity contribution in [1.82, 2.24) is 5.32 Å². The lowest BCUT2D eigenvalue weighted by atomic mass is 9.99. The summed E-state index contributed by atoms with van der Waals surface area (Å²) in [6.07, 6.45) is 69.8. The first kappa shape index (κ1) is 77.3. The molecule has 8 atom stereocenters. The first-order chi connectivity index (χ1) is 40.7. The number of aliphatic hydroxyl groups excluding tert-OH is 5. The first-order valence-electron chi connectivity index (χ1n) is 33.7. The molecule has 1 heterocycles. The van der Waals surface area contributed by atoms with E-state index in [4.69, 9.17) is 14.2 Å². The fraction of sp³-hybridized carbons (Fsp3) is 0.722. The molecule has 0 spiro atoms. The Hall–Kier alpha value is -3.68. The number of ether oxygens (including phenoxy) is 3. The van der Waals surface area contributed by atoms with E-state index in [0.29, 0.717) is 12.8 Å². The highest BCUT2D eigenvalue weighted by atomic mass is 16.7. The second-order valence-corrected chi connectivity index (χ2v) is 22.8. The van der Waals surface area contributed by atoms with Crippen LogP contribution in [0.3, 0.4) is 0 Å². The van der Waals surface area contributed by atoms with Crippen LogP contribution in [0.1, 0.15) is 271 Å². The van der Waals surface area contributed by atoms with Crippen molar-refractivity contribution in [2.24, 2.45) is 0 Å². The molecule has 0 aromatic rings. The molecule has 11 nitrogen and oxygen atoms in total. The van der Waals surface area contributed by atoms with Gasteiger partial charge in [0.1, 0.15) is 24.4 Å². The molecule has 1 saturated heterocycles. The summed E-state index contributed by atoms with van der Waals surface area (Å²) in [4.78, 5) is 26.6. The summed E-state index contributed by atoms with van der Waals surface area (Å²) in [5.41, 5.74) is 0. The van der Waals surface area contributed by atoms with Crippen molar-refractivity contribution >= 4 is 11.9 Å². The molecule has 1 fully saturated rings. The van der Waals surface area contributed by atoms with E-state index in [1.807, 2.05) is 6.08 Å². The highest BCUT2D eigenvalue weighted by molar-refractivity contribution is 5.80. The lowest BCUT2D eigenvalue weighted by Gasteiger charge is -2.41. The number of nitrogens with one attached hydrogen (secondary N) is 1. The standard InChI is InChI=1S/C72H123NO10/c1-4-7-10-13-16-19-22-25-27-28-29-30-31-32-33-34-35-36-37-38-39-42-45-48-51-54-57-60-67(77)83-70-69(79)68(78)66(61-74)82-72(70)81-62-63(64(75)58-55-52-49-46-43-40-24-21-18-15-12-9-6-3)73-71(80)65(76)59-56-53-50-47-44-41-26-23-20-17-14-11-8-5-2/h7,10,16-17,19-20,23,25-27,29-30,32-33,35-36,55,58,63-66,68-70,72,74-76,78-79H,4-6,8-9,11-15,18,21-22,24,28,31,34,37-54,56-57,59-62H2,1-3H3,(H,73,80)/b10-7-,19-16-,20-17+,26-23+,27-25-,30-29-,33-32-,36-35-,58-55+. The number of unbranched alkanes of at least 4 members (excludes halogenated alkanes) is 27. The second kappa shape index (κ2) is 58.7. The zero-order valence-electron chi connectivity index (χ0n) is 52.8. The number of esters is 1. The molecule has 83 heavy (non-hydrogen) atoms. The summed E-state index contributed by atoms with van der Waals surface area (Å²) in [7, 11) is 0. The molecule has 11 heteroatoms. The van der Waals surface area contributed by atoms with Gasteiger partial charge in [-0.05, 0) is 103 Å². The lowest BCUT2D eigenvalue weighted by Crippen LogP contribution is -2.61. The maximum absolute atomic E-state index is 13.4. The number of allylic oxidation sites excluding steroid dienone is 17. The van der Waals surface area contributed by atoms with Gasteiger partial charge < -0.3 is 45.1 Å². The van der Waals surface area contributed by atoms with Gasteiger partial charge in [-0.15, -0.1) is 0 Å². The van der Waals surface area contributed by atoms with Gasteiger partial charge in [0.25, 0.3) is 0 Å². The molecular weight excluding hydrogens is 1040 g/mol. The minimum absolute atomic E-state index is 0.106. The van der Waals surface area contributed by atoms with E-state index >= 15 is 0 Å². The molecule has 1 aliphatic rings. The average Bonchev–Trinajstić information content (AvgIpc) is 3.61. The van der Waals surface area contributed by atoms with Gasteiger partial charge in [0.2, 0.25) is 5.91 Å². The Morgan fingerprint density at radius 3 is 1.40 bits per heavy atom. The average molecular weight is 1160 g/mol. The topological polar surface area (TPSA) is 175 Å². The van der Waals surface area contributed by atoms with Crippen molar-refractivity contribution in [3.8, 4) is 0 Å². The molecule has 0 aromatic heterocycles. The summed E-state index contributed by atoms with van der Waals surface area (Å²) in [5.74, 6) is -1.22. The smallest absolute Gasteiger partial charge is 0.306 e. The monoisotopic (exact) mass is 1160 g/mol. The summed E-state index contributed by atoms with van der Waals surface area (Å²) in [6, 6.07) is -1.04. The molecule has 8 unspecified atom stereocenters. The molecule has 0 radical (unpaired) electrons. The maximum Gasteiger partial charge on any atom is 0.306 e. The summed E-state index contributed by atoms with van der Waals surface area (Å²) in [5, 5.41) is 57.1. The molecule has 6 N–H and O–H groups in total. The van der Waals surface area contributed by atoms with Crippen molar-refractivity contribution in [1.29, 1.82) is 0 Å². The summed E-state index contributed by atoms with van der Waals surface area (Å²) in [6.45, 7) is 5.64. The van der Waals surface area contributed by atoms with Crippen LogP contribution >= 0.6 is 0 Å². The van der Waals surface area contributed by atoms with Crippen LogP contribution in [0.4, 0.5) is 0 Å². The van der Waals surface area contributed by atoms with Crippen LogP contribution in [0.15, 0.2) is 109 Å². The van der Waals surface area contributed by atoms with Gasteiger partial charge in [0.05, 0.1) is 25.4 Å². The van der Waals surface area contributed by atoms with E-state index in [1.54, 1.807) is 6.08 Å². The molecule has 1 aliphatic heterocycles. The molecule has 476 valence electrons. The molecule has 0 bridgehead atoms. The largest absolute Gasteiger partial charge is 0.454 e. The van der Waals surface area contributed by atoms with Crippen molar-refractivity contribution in [2.45, 2.75) is 320 Å². The maximum atomic E-state index is 13.4. The van der Waals surface area contributed by atoms with Crippen LogP contribution < -0.4 is 5.32 Å². The van der Waals surface area contributed by atoms with Gasteiger partial charge >= 0.3 is 5.97 Å². The highest BCUT2D eigenvalue weighted by Crippen LogP contribution is 2.26. The predicted octanol–water partition coefficient (Wildman–Crippen LogP) is 16.8. The van der Waals surface area contributed by atoms with E-state index in [9.17, 15) is 35.1 Å². The normalized spacial score (nSPS) is 19.3. The van der Waals surface area contributed by atoms with E-state index in [2.05, 4.69) is 123 Å². The number of rotatable bonds is 56. The number of carbonyl (C=O) groups excluding carboxylic acids is 2. The third-order valence-electron chi connectivity index (χ3n) is 15.2. The Kier molecular flexibility index (Phi) is 54.7. The quantitative estimate of drug-likeness (QED) is 0.0149.